The van der Waals surface area contributed by atoms with Gasteiger partial charge < -0.3 is 25.4 Å². The van der Waals surface area contributed by atoms with E-state index in [9.17, 15) is 14.4 Å². The summed E-state index contributed by atoms with van der Waals surface area (Å²) in [6, 6.07) is -1.11. The molecule has 0 radical (unpaired) electrons. The normalized spacial score (nSPS) is 12.8. The van der Waals surface area contributed by atoms with Crippen LogP contribution in [0.4, 0.5) is 0 Å². The first kappa shape index (κ1) is 17.9. The Labute approximate surface area is 115 Å². The third-order valence-corrected chi connectivity index (χ3v) is 2.41. The van der Waals surface area contributed by atoms with Crippen LogP contribution in [0.3, 0.4) is 0 Å². The van der Waals surface area contributed by atoms with Crippen LogP contribution < -0.4 is 5.32 Å². The van der Waals surface area contributed by atoms with Crippen LogP contribution in [0.2, 0.25) is 0 Å². The number of hydrogen-bond donors (Lipinski definition) is 2. The molecule has 20 heavy (non-hydrogen) atoms. The van der Waals surface area contributed by atoms with Gasteiger partial charge in [0, 0.05) is 13.5 Å². The second-order valence-corrected chi connectivity index (χ2v) is 3.78. The highest BCUT2D eigenvalue weighted by molar-refractivity contribution is 6.25. The molecule has 0 fully saturated rings. The maximum Gasteiger partial charge on any atom is 0.330 e. The summed E-state index contributed by atoms with van der Waals surface area (Å²) in [7, 11) is 1.33. The monoisotopic (exact) mass is 287 g/mol. The van der Waals surface area contributed by atoms with Crippen LogP contribution in [-0.4, -0.2) is 59.8 Å². The Kier molecular flexibility index (Phi) is 8.77. The molecule has 0 unspecified atom stereocenters. The number of hydrogen-bond acceptors (Lipinski definition) is 6. The highest BCUT2D eigenvalue weighted by Gasteiger charge is 2.25. The lowest BCUT2D eigenvalue weighted by Crippen LogP contribution is -2.46. The molecule has 0 spiro atoms. The summed E-state index contributed by atoms with van der Waals surface area (Å²) >= 11 is 0. The van der Waals surface area contributed by atoms with Gasteiger partial charge in [-0.15, -0.1) is 0 Å². The van der Waals surface area contributed by atoms with Gasteiger partial charge in [0.2, 0.25) is 11.7 Å². The van der Waals surface area contributed by atoms with Gasteiger partial charge in [-0.2, -0.15) is 4.79 Å². The molecule has 0 aliphatic carbocycles. The largest absolute Gasteiger partial charge is 0.437 e. The average molecular weight is 287 g/mol. The zero-order valence-corrected chi connectivity index (χ0v) is 11.2. The molecule has 9 heteroatoms. The maximum atomic E-state index is 11.6. The highest BCUT2D eigenvalue weighted by Crippen LogP contribution is 2.02. The quantitative estimate of drug-likeness (QED) is 0.177. The number of aliphatic hydroxyl groups excluding tert-OH is 1. The Bertz CT molecular complexity index is 405. The Morgan fingerprint density at radius 3 is 2.60 bits per heavy atom. The molecule has 0 aliphatic heterocycles. The molecule has 0 saturated heterocycles. The number of ether oxygens (including phenoxy) is 2. The Balaban J connectivity index is 4.64. The lowest BCUT2D eigenvalue weighted by Gasteiger charge is -2.18. The lowest BCUT2D eigenvalue weighted by molar-refractivity contribution is -0.156. The van der Waals surface area contributed by atoms with Crippen LogP contribution >= 0.6 is 0 Å². The van der Waals surface area contributed by atoms with Crippen molar-refractivity contribution in [3.8, 4) is 0 Å². The number of carbonyl (C=O) groups is 3. The van der Waals surface area contributed by atoms with Crippen LogP contribution in [0.5, 0.6) is 0 Å². The van der Waals surface area contributed by atoms with Gasteiger partial charge in [-0.05, 0) is 13.3 Å². The van der Waals surface area contributed by atoms with Crippen molar-refractivity contribution in [2.24, 2.45) is 0 Å². The molecule has 1 amide bonds. The summed E-state index contributed by atoms with van der Waals surface area (Å²) in [5, 5.41) is 10.9. The van der Waals surface area contributed by atoms with Gasteiger partial charge in [0.05, 0.1) is 0 Å². The van der Waals surface area contributed by atoms with E-state index in [1.807, 2.05) is 0 Å². The summed E-state index contributed by atoms with van der Waals surface area (Å²) in [4.78, 5) is 36.8. The van der Waals surface area contributed by atoms with Crippen LogP contribution in [0, 0.1) is 0 Å². The minimum atomic E-state index is -1.11. The molecule has 0 rings (SSSR count). The van der Waals surface area contributed by atoms with Crippen LogP contribution in [-0.2, 0) is 23.9 Å². The summed E-state index contributed by atoms with van der Waals surface area (Å²) in [6.45, 7) is 0.643. The Hall–Kier alpha value is -2.09. The minimum absolute atomic E-state index is 0.0636. The van der Waals surface area contributed by atoms with Crippen molar-refractivity contribution in [1.82, 2.24) is 5.32 Å². The predicted molar refractivity (Wildman–Crippen MR) is 65.5 cm³/mol. The van der Waals surface area contributed by atoms with Gasteiger partial charge >= 0.3 is 12.2 Å². The fraction of sp³-hybridized carbons (Fsp3) is 0.636. The fourth-order valence-corrected chi connectivity index (χ4v) is 1.22. The molecule has 0 saturated carbocycles. The van der Waals surface area contributed by atoms with Crippen molar-refractivity contribution < 1.29 is 33.8 Å². The van der Waals surface area contributed by atoms with E-state index >= 15 is 0 Å². The summed E-state index contributed by atoms with van der Waals surface area (Å²) in [6.07, 6.45) is -0.300. The van der Waals surface area contributed by atoms with E-state index in [1.54, 1.807) is 0 Å². The predicted octanol–water partition coefficient (Wildman–Crippen LogP) is -1.35. The van der Waals surface area contributed by atoms with Crippen molar-refractivity contribution >= 4 is 23.9 Å². The molecular weight excluding hydrogens is 270 g/mol. The standard InChI is InChI=1S/C11H17N3O6/c1-7(19-2)10(17)14-9(11(18)20-6-15)4-3-8(16)5-13-12/h5,7,9,15H,3-4,6H2,1-2H3,(H,14,17)/t7-,9-/m0/s1. The number of nitrogens with zero attached hydrogens (tertiary/aromatic N) is 2. The van der Waals surface area contributed by atoms with Gasteiger partial charge in [0.25, 0.3) is 0 Å². The number of methoxy groups -OCH3 is 1. The van der Waals surface area contributed by atoms with E-state index in [0.29, 0.717) is 6.21 Å². The van der Waals surface area contributed by atoms with E-state index in [4.69, 9.17) is 15.4 Å². The molecule has 0 aromatic heterocycles. The molecule has 0 aromatic carbocycles. The fourth-order valence-electron chi connectivity index (χ4n) is 1.22. The Morgan fingerprint density at radius 1 is 1.45 bits per heavy atom. The molecule has 112 valence electrons. The van der Waals surface area contributed by atoms with Crippen LogP contribution in [0.25, 0.3) is 5.53 Å². The number of rotatable bonds is 9. The topological polar surface area (TPSA) is 138 Å². The summed E-state index contributed by atoms with van der Waals surface area (Å²) in [5.41, 5.74) is 8.18. The molecule has 0 heterocycles. The first-order valence-electron chi connectivity index (χ1n) is 5.77. The lowest BCUT2D eigenvalue weighted by atomic mass is 10.1. The van der Waals surface area contributed by atoms with Gasteiger partial charge in [-0.1, -0.05) is 0 Å². The zero-order valence-electron chi connectivity index (χ0n) is 11.2. The van der Waals surface area contributed by atoms with Crippen molar-refractivity contribution in [3.63, 3.8) is 0 Å². The molecule has 0 aromatic rings. The number of carbonyl (C=O) groups excluding carboxylic acids is 3. The average Bonchev–Trinajstić information content (AvgIpc) is 2.42. The number of Topliss-reactive ketones (excluding diaryl/α,β-unsaturated/α-hetero) is 1. The summed E-state index contributed by atoms with van der Waals surface area (Å²) < 4.78 is 9.16. The van der Waals surface area contributed by atoms with Crippen LogP contribution in [0.1, 0.15) is 19.8 Å². The SMILES string of the molecule is CO[C@@H](C)C(=O)N[C@@H](CCC(=O)C=[N+]=[N-])C(=O)OCO. The second-order valence-electron chi connectivity index (χ2n) is 3.78. The highest BCUT2D eigenvalue weighted by atomic mass is 16.6. The minimum Gasteiger partial charge on any atom is -0.437 e. The van der Waals surface area contributed by atoms with Gasteiger partial charge in [0.15, 0.2) is 6.79 Å². The van der Waals surface area contributed by atoms with Crippen molar-refractivity contribution in [3.05, 3.63) is 5.53 Å². The molecular formula is C11H17N3O6. The zero-order chi connectivity index (χ0) is 15.5. The number of nitrogens with one attached hydrogen (secondary N) is 1. The molecule has 0 bridgehead atoms. The molecule has 0 aliphatic rings. The van der Waals surface area contributed by atoms with Gasteiger partial charge in [0.1, 0.15) is 12.1 Å². The maximum absolute atomic E-state index is 11.6. The van der Waals surface area contributed by atoms with E-state index < -0.39 is 36.6 Å². The molecule has 2 N–H and O–H groups in total. The third-order valence-electron chi connectivity index (χ3n) is 2.41. The smallest absolute Gasteiger partial charge is 0.330 e. The van der Waals surface area contributed by atoms with Crippen LogP contribution in [0.15, 0.2) is 0 Å². The first-order valence-corrected chi connectivity index (χ1v) is 5.77. The van der Waals surface area contributed by atoms with E-state index in [-0.39, 0.29) is 12.8 Å². The van der Waals surface area contributed by atoms with Crippen molar-refractivity contribution in [2.45, 2.75) is 31.9 Å². The molecule has 2 atom stereocenters. The first-order chi connectivity index (χ1) is 9.46. The molecule has 9 nitrogen and oxygen atoms in total. The van der Waals surface area contributed by atoms with E-state index in [0.717, 1.165) is 0 Å². The van der Waals surface area contributed by atoms with Gasteiger partial charge in [-0.3, -0.25) is 9.59 Å². The van der Waals surface area contributed by atoms with Gasteiger partial charge in [-0.25, -0.2) is 4.79 Å². The van der Waals surface area contributed by atoms with E-state index in [2.05, 4.69) is 14.8 Å². The Morgan fingerprint density at radius 2 is 2.10 bits per heavy atom. The second kappa shape index (κ2) is 9.79. The number of aliphatic hydroxyl groups is 1. The van der Waals surface area contributed by atoms with Crippen molar-refractivity contribution in [2.75, 3.05) is 13.9 Å². The number of ketones is 1. The van der Waals surface area contributed by atoms with E-state index in [1.165, 1.54) is 14.0 Å². The number of amides is 1. The van der Waals surface area contributed by atoms with Crippen molar-refractivity contribution in [1.29, 1.82) is 0 Å². The third kappa shape index (κ3) is 6.74. The summed E-state index contributed by atoms with van der Waals surface area (Å²) in [5.74, 6) is -1.96. The number of esters is 1.